The minimum Gasteiger partial charge on any atom is -0.497 e. The van der Waals surface area contributed by atoms with E-state index in [0.717, 1.165) is 28.1 Å². The Morgan fingerprint density at radius 1 is 1.00 bits per heavy atom. The first-order valence-electron chi connectivity index (χ1n) is 10.5. The van der Waals surface area contributed by atoms with Crippen molar-refractivity contribution in [2.75, 3.05) is 17.8 Å². The van der Waals surface area contributed by atoms with Crippen molar-refractivity contribution in [1.29, 1.82) is 0 Å². The highest BCUT2D eigenvalue weighted by molar-refractivity contribution is 8.14. The van der Waals surface area contributed by atoms with E-state index in [9.17, 15) is 9.59 Å². The van der Waals surface area contributed by atoms with Gasteiger partial charge in [0.25, 0.3) is 5.91 Å². The van der Waals surface area contributed by atoms with Crippen molar-refractivity contribution in [2.24, 2.45) is 4.99 Å². The Labute approximate surface area is 197 Å². The van der Waals surface area contributed by atoms with Gasteiger partial charge in [0.2, 0.25) is 0 Å². The summed E-state index contributed by atoms with van der Waals surface area (Å²) in [5.74, 6) is 0.702. The maximum absolute atomic E-state index is 13.4. The van der Waals surface area contributed by atoms with Crippen molar-refractivity contribution in [3.8, 4) is 5.75 Å². The number of aliphatic imine (C=N–C) groups is 1. The third-order valence-electron chi connectivity index (χ3n) is 5.14. The number of thioether (sulfide) groups is 1. The number of amidine groups is 1. The van der Waals surface area contributed by atoms with Gasteiger partial charge < -0.3 is 4.74 Å². The molecule has 1 heterocycles. The number of anilines is 1. The summed E-state index contributed by atoms with van der Waals surface area (Å²) in [4.78, 5) is 32.3. The summed E-state index contributed by atoms with van der Waals surface area (Å²) < 4.78 is 5.21. The van der Waals surface area contributed by atoms with Crippen LogP contribution in [-0.4, -0.2) is 29.7 Å². The lowest BCUT2D eigenvalue weighted by molar-refractivity contribution is -0.113. The van der Waals surface area contributed by atoms with Gasteiger partial charge >= 0.3 is 0 Å². The minimum atomic E-state index is -0.217. The Bertz CT molecular complexity index is 1230. The smallest absolute Gasteiger partial charge is 0.283 e. The molecule has 1 aliphatic heterocycles. The molecule has 0 fully saturated rings. The van der Waals surface area contributed by atoms with E-state index in [1.807, 2.05) is 68.4 Å². The maximum Gasteiger partial charge on any atom is 0.283 e. The summed E-state index contributed by atoms with van der Waals surface area (Å²) in [6.07, 6.45) is 1.75. The summed E-state index contributed by atoms with van der Waals surface area (Å²) in [5, 5.41) is 0.494. The topological polar surface area (TPSA) is 59.0 Å². The molecule has 0 spiro atoms. The molecule has 3 aromatic rings. The molecule has 6 heteroatoms. The number of benzene rings is 3. The molecular formula is C27H24N2O3S. The lowest BCUT2D eigenvalue weighted by atomic mass is 10.1. The number of ether oxygens (including phenoxy) is 1. The van der Waals surface area contributed by atoms with E-state index in [2.05, 4.69) is 11.1 Å². The molecule has 0 saturated heterocycles. The van der Waals surface area contributed by atoms with Crippen LogP contribution in [-0.2, 0) is 4.79 Å². The fraction of sp³-hybridized carbons (Fsp3) is 0.148. The van der Waals surface area contributed by atoms with Crippen LogP contribution in [0.4, 0.5) is 5.69 Å². The number of nitrogens with zero attached hydrogens (tertiary/aromatic N) is 2. The number of amides is 1. The normalized spacial score (nSPS) is 14.5. The fourth-order valence-corrected chi connectivity index (χ4v) is 4.50. The summed E-state index contributed by atoms with van der Waals surface area (Å²) in [5.41, 5.74) is 4.66. The molecule has 0 unspecified atom stereocenters. The van der Waals surface area contributed by atoms with Gasteiger partial charge in [-0.05, 0) is 60.9 Å². The van der Waals surface area contributed by atoms with Gasteiger partial charge in [-0.2, -0.15) is 0 Å². The number of ketones is 1. The molecule has 5 nitrogen and oxygen atoms in total. The van der Waals surface area contributed by atoms with Crippen LogP contribution < -0.4 is 9.64 Å². The van der Waals surface area contributed by atoms with Crippen LogP contribution >= 0.6 is 11.8 Å². The second-order valence-corrected chi connectivity index (χ2v) is 8.70. The van der Waals surface area contributed by atoms with Gasteiger partial charge in [-0.25, -0.2) is 4.99 Å². The first kappa shape index (κ1) is 22.6. The highest BCUT2D eigenvalue weighted by atomic mass is 32.2. The largest absolute Gasteiger partial charge is 0.497 e. The van der Waals surface area contributed by atoms with Gasteiger partial charge in [0.15, 0.2) is 11.0 Å². The number of methoxy groups -OCH3 is 1. The van der Waals surface area contributed by atoms with E-state index in [1.54, 1.807) is 30.2 Å². The maximum atomic E-state index is 13.4. The Balaban J connectivity index is 1.66. The zero-order valence-corrected chi connectivity index (χ0v) is 19.6. The molecule has 0 aliphatic carbocycles. The van der Waals surface area contributed by atoms with Crippen molar-refractivity contribution in [3.05, 3.63) is 101 Å². The summed E-state index contributed by atoms with van der Waals surface area (Å²) in [6, 6.07) is 22.5. The summed E-state index contributed by atoms with van der Waals surface area (Å²) in [7, 11) is 1.61. The van der Waals surface area contributed by atoms with Gasteiger partial charge in [0.05, 0.1) is 18.6 Å². The van der Waals surface area contributed by atoms with Crippen molar-refractivity contribution < 1.29 is 14.3 Å². The molecule has 0 radical (unpaired) electrons. The van der Waals surface area contributed by atoms with E-state index in [4.69, 9.17) is 4.74 Å². The molecule has 0 atom stereocenters. The van der Waals surface area contributed by atoms with E-state index in [0.29, 0.717) is 16.4 Å². The van der Waals surface area contributed by atoms with Crippen molar-refractivity contribution in [1.82, 2.24) is 0 Å². The highest BCUT2D eigenvalue weighted by Crippen LogP contribution is 2.31. The van der Waals surface area contributed by atoms with Gasteiger partial charge in [-0.1, -0.05) is 60.3 Å². The molecule has 0 saturated carbocycles. The van der Waals surface area contributed by atoms with E-state index < -0.39 is 0 Å². The number of aryl methyl sites for hydroxylation is 2. The lowest BCUT2D eigenvalue weighted by Gasteiger charge is -2.19. The number of carbonyl (C=O) groups excluding carboxylic acids is 2. The second kappa shape index (κ2) is 9.88. The SMILES string of the molecule is COc1ccc(/C=C2\N=C(SCC(=O)c3ccccc3)N(c3cc(C)cc(C)c3)C2=O)cc1. The Morgan fingerprint density at radius 2 is 1.67 bits per heavy atom. The Hall–Kier alpha value is -3.64. The van der Waals surface area contributed by atoms with E-state index >= 15 is 0 Å². The van der Waals surface area contributed by atoms with Crippen molar-refractivity contribution in [3.63, 3.8) is 0 Å². The van der Waals surface area contributed by atoms with Gasteiger partial charge in [0, 0.05) is 5.56 Å². The number of rotatable bonds is 6. The minimum absolute atomic E-state index is 0.0105. The Kier molecular flexibility index (Phi) is 6.75. The standard InChI is InChI=1S/C27H24N2O3S/c1-18-13-19(2)15-22(14-18)29-26(31)24(16-20-9-11-23(32-3)12-10-20)28-27(29)33-17-25(30)21-7-5-4-6-8-21/h4-16H,17H2,1-3H3/b24-16-. The van der Waals surface area contributed by atoms with Crippen LogP contribution in [0.5, 0.6) is 5.75 Å². The van der Waals surface area contributed by atoms with Crippen LogP contribution in [0.1, 0.15) is 27.0 Å². The van der Waals surface area contributed by atoms with Crippen molar-refractivity contribution in [2.45, 2.75) is 13.8 Å². The monoisotopic (exact) mass is 456 g/mol. The second-order valence-electron chi connectivity index (χ2n) is 7.76. The van der Waals surface area contributed by atoms with Gasteiger partial charge in [-0.3, -0.25) is 14.5 Å². The molecule has 3 aromatic carbocycles. The first-order valence-corrected chi connectivity index (χ1v) is 11.5. The number of hydrogen-bond acceptors (Lipinski definition) is 5. The molecule has 0 N–H and O–H groups in total. The summed E-state index contributed by atoms with van der Waals surface area (Å²) in [6.45, 7) is 3.99. The zero-order valence-electron chi connectivity index (χ0n) is 18.7. The third kappa shape index (κ3) is 5.23. The van der Waals surface area contributed by atoms with Crippen LogP contribution in [0.25, 0.3) is 6.08 Å². The molecule has 166 valence electrons. The average Bonchev–Trinajstić information content (AvgIpc) is 3.12. The first-order chi connectivity index (χ1) is 15.9. The van der Waals surface area contributed by atoms with Gasteiger partial charge in [-0.15, -0.1) is 0 Å². The number of hydrogen-bond donors (Lipinski definition) is 0. The number of Topliss-reactive ketones (excluding diaryl/α,β-unsaturated/α-hetero) is 1. The zero-order chi connectivity index (χ0) is 23.4. The Morgan fingerprint density at radius 3 is 2.30 bits per heavy atom. The molecule has 1 amide bonds. The van der Waals surface area contributed by atoms with Crippen molar-refractivity contribution >= 4 is 40.4 Å². The molecule has 4 rings (SSSR count). The predicted molar refractivity (Wildman–Crippen MR) is 135 cm³/mol. The quantitative estimate of drug-likeness (QED) is 0.354. The van der Waals surface area contributed by atoms with Crippen LogP contribution in [0.2, 0.25) is 0 Å². The molecular weight excluding hydrogens is 432 g/mol. The van der Waals surface area contributed by atoms with E-state index in [-0.39, 0.29) is 17.4 Å². The third-order valence-corrected chi connectivity index (χ3v) is 6.08. The lowest BCUT2D eigenvalue weighted by Crippen LogP contribution is -2.31. The molecule has 0 aromatic heterocycles. The molecule has 33 heavy (non-hydrogen) atoms. The van der Waals surface area contributed by atoms with E-state index in [1.165, 1.54) is 11.8 Å². The highest BCUT2D eigenvalue weighted by Gasteiger charge is 2.32. The van der Waals surface area contributed by atoms with Crippen LogP contribution in [0.15, 0.2) is 83.5 Å². The molecule has 1 aliphatic rings. The van der Waals surface area contributed by atoms with Gasteiger partial charge in [0.1, 0.15) is 11.4 Å². The average molecular weight is 457 g/mol. The van der Waals surface area contributed by atoms with Crippen LogP contribution in [0, 0.1) is 13.8 Å². The predicted octanol–water partition coefficient (Wildman–Crippen LogP) is 5.67. The van der Waals surface area contributed by atoms with Crippen LogP contribution in [0.3, 0.4) is 0 Å². The summed E-state index contributed by atoms with van der Waals surface area (Å²) >= 11 is 1.27. The number of carbonyl (C=O) groups is 2. The fourth-order valence-electron chi connectivity index (χ4n) is 3.60. The molecule has 0 bridgehead atoms.